The second-order valence-electron chi connectivity index (χ2n) is 12.4. The van der Waals surface area contributed by atoms with E-state index in [4.69, 9.17) is 9.97 Å². The first kappa shape index (κ1) is 27.5. The van der Waals surface area contributed by atoms with Gasteiger partial charge in [0.2, 0.25) is 0 Å². The summed E-state index contributed by atoms with van der Waals surface area (Å²) in [5.41, 5.74) is 10.0. The van der Waals surface area contributed by atoms with Crippen molar-refractivity contribution in [1.82, 2.24) is 19.1 Å². The fraction of sp³-hybridized carbons (Fsp3) is 0. The van der Waals surface area contributed by atoms with Crippen LogP contribution in [0.3, 0.4) is 0 Å². The highest BCUT2D eigenvalue weighted by molar-refractivity contribution is 6.12. The lowest BCUT2D eigenvalue weighted by atomic mass is 10.0. The maximum Gasteiger partial charge on any atom is 0.162 e. The molecule has 0 bridgehead atoms. The Balaban J connectivity index is 1.22. The standard InChI is InChI=1S/C44H27FN4/c45-29-22-24-30(25-23-29)48-38-17-7-4-13-33(38)36-27-28(21-26-42(36)48)43-34-14-1-6-16-37(34)46-44(47-43)35-15-5-10-20-41(35)49-39-18-8-2-11-31(39)32-12-3-9-19-40(32)49/h1-27H. The van der Waals surface area contributed by atoms with Gasteiger partial charge in [-0.05, 0) is 72.8 Å². The number of rotatable bonds is 4. The van der Waals surface area contributed by atoms with Crippen LogP contribution in [0.15, 0.2) is 164 Å². The van der Waals surface area contributed by atoms with Gasteiger partial charge in [0.25, 0.3) is 0 Å². The highest BCUT2D eigenvalue weighted by Crippen LogP contribution is 2.39. The minimum absolute atomic E-state index is 0.252. The average Bonchev–Trinajstić information content (AvgIpc) is 3.67. The molecule has 10 aromatic rings. The van der Waals surface area contributed by atoms with Crippen molar-refractivity contribution in [3.63, 3.8) is 0 Å². The smallest absolute Gasteiger partial charge is 0.162 e. The number of para-hydroxylation sites is 5. The molecule has 4 nitrogen and oxygen atoms in total. The highest BCUT2D eigenvalue weighted by atomic mass is 19.1. The zero-order valence-corrected chi connectivity index (χ0v) is 26.3. The average molecular weight is 631 g/mol. The van der Waals surface area contributed by atoms with Crippen LogP contribution in [0.25, 0.3) is 88.5 Å². The van der Waals surface area contributed by atoms with Crippen LogP contribution >= 0.6 is 0 Å². The Hall–Kier alpha value is -6.59. The van der Waals surface area contributed by atoms with Gasteiger partial charge in [-0.2, -0.15) is 0 Å². The Labute approximate surface area is 281 Å². The summed E-state index contributed by atoms with van der Waals surface area (Å²) in [5, 5.41) is 5.63. The van der Waals surface area contributed by atoms with Gasteiger partial charge in [-0.25, -0.2) is 14.4 Å². The van der Waals surface area contributed by atoms with E-state index in [2.05, 4.69) is 130 Å². The first-order chi connectivity index (χ1) is 24.2. The Morgan fingerprint density at radius 3 is 1.69 bits per heavy atom. The quantitative estimate of drug-likeness (QED) is 0.194. The maximum absolute atomic E-state index is 13.9. The van der Waals surface area contributed by atoms with Gasteiger partial charge in [0.1, 0.15) is 5.82 Å². The molecule has 7 aromatic carbocycles. The monoisotopic (exact) mass is 630 g/mol. The van der Waals surface area contributed by atoms with E-state index in [-0.39, 0.29) is 5.82 Å². The molecule has 0 aliphatic rings. The number of aromatic nitrogens is 4. The summed E-state index contributed by atoms with van der Waals surface area (Å²) < 4.78 is 18.4. The first-order valence-corrected chi connectivity index (χ1v) is 16.4. The normalized spacial score (nSPS) is 11.8. The fourth-order valence-electron chi connectivity index (χ4n) is 7.45. The molecular formula is C44H27FN4. The third-order valence-corrected chi connectivity index (χ3v) is 9.60. The summed E-state index contributed by atoms with van der Waals surface area (Å²) in [6.45, 7) is 0. The van der Waals surface area contributed by atoms with Crippen LogP contribution < -0.4 is 0 Å². The van der Waals surface area contributed by atoms with Crippen molar-refractivity contribution < 1.29 is 4.39 Å². The maximum atomic E-state index is 13.9. The predicted molar refractivity (Wildman–Crippen MR) is 199 cm³/mol. The molecule has 0 saturated carbocycles. The van der Waals surface area contributed by atoms with Crippen molar-refractivity contribution in [2.45, 2.75) is 0 Å². The topological polar surface area (TPSA) is 35.6 Å². The summed E-state index contributed by atoms with van der Waals surface area (Å²) >= 11 is 0. The molecule has 0 fully saturated rings. The second kappa shape index (κ2) is 10.7. The summed E-state index contributed by atoms with van der Waals surface area (Å²) in [7, 11) is 0. The van der Waals surface area contributed by atoms with Crippen LogP contribution in [-0.2, 0) is 0 Å². The summed E-state index contributed by atoms with van der Waals surface area (Å²) in [6, 6.07) is 55.3. The van der Waals surface area contributed by atoms with Gasteiger partial charge in [-0.3, -0.25) is 0 Å². The minimum Gasteiger partial charge on any atom is -0.309 e. The van der Waals surface area contributed by atoms with Gasteiger partial charge in [0.05, 0.1) is 39.0 Å². The summed E-state index contributed by atoms with van der Waals surface area (Å²) in [6.07, 6.45) is 0. The van der Waals surface area contributed by atoms with Crippen molar-refractivity contribution in [2.75, 3.05) is 0 Å². The lowest BCUT2D eigenvalue weighted by Crippen LogP contribution is -2.01. The zero-order chi connectivity index (χ0) is 32.5. The lowest BCUT2D eigenvalue weighted by Gasteiger charge is -2.15. The highest BCUT2D eigenvalue weighted by Gasteiger charge is 2.19. The Bertz CT molecular complexity index is 2850. The molecule has 0 aliphatic heterocycles. The van der Waals surface area contributed by atoms with E-state index in [0.717, 1.165) is 71.9 Å². The minimum atomic E-state index is -0.252. The Kier molecular flexibility index (Phi) is 6.02. The summed E-state index contributed by atoms with van der Waals surface area (Å²) in [4.78, 5) is 10.5. The molecule has 0 atom stereocenters. The van der Waals surface area contributed by atoms with Crippen molar-refractivity contribution in [2.24, 2.45) is 0 Å². The van der Waals surface area contributed by atoms with Crippen LogP contribution in [0.4, 0.5) is 4.39 Å². The van der Waals surface area contributed by atoms with E-state index in [1.54, 1.807) is 0 Å². The molecule has 10 rings (SSSR count). The van der Waals surface area contributed by atoms with Crippen molar-refractivity contribution in [1.29, 1.82) is 0 Å². The van der Waals surface area contributed by atoms with E-state index in [0.29, 0.717) is 5.82 Å². The van der Waals surface area contributed by atoms with E-state index in [1.807, 2.05) is 30.3 Å². The number of halogens is 1. The van der Waals surface area contributed by atoms with Gasteiger partial charge < -0.3 is 9.13 Å². The van der Waals surface area contributed by atoms with Gasteiger partial charge in [0, 0.05) is 43.7 Å². The van der Waals surface area contributed by atoms with Crippen molar-refractivity contribution >= 4 is 54.5 Å². The molecule has 0 aliphatic carbocycles. The summed E-state index contributed by atoms with van der Waals surface area (Å²) in [5.74, 6) is 0.415. The first-order valence-electron chi connectivity index (χ1n) is 16.4. The van der Waals surface area contributed by atoms with Crippen LogP contribution in [0, 0.1) is 5.82 Å². The number of fused-ring (bicyclic) bond motifs is 7. The molecule has 5 heteroatoms. The van der Waals surface area contributed by atoms with E-state index in [9.17, 15) is 4.39 Å². The third-order valence-electron chi connectivity index (χ3n) is 9.60. The number of hydrogen-bond acceptors (Lipinski definition) is 2. The Morgan fingerprint density at radius 2 is 0.980 bits per heavy atom. The molecule has 3 aromatic heterocycles. The lowest BCUT2D eigenvalue weighted by molar-refractivity contribution is 0.627. The molecule has 49 heavy (non-hydrogen) atoms. The molecule has 0 spiro atoms. The predicted octanol–water partition coefficient (Wildman–Crippen LogP) is 11.3. The molecular weight excluding hydrogens is 604 g/mol. The molecule has 230 valence electrons. The van der Waals surface area contributed by atoms with Crippen molar-refractivity contribution in [3.05, 3.63) is 170 Å². The number of hydrogen-bond donors (Lipinski definition) is 0. The van der Waals surface area contributed by atoms with Crippen LogP contribution in [-0.4, -0.2) is 19.1 Å². The van der Waals surface area contributed by atoms with E-state index >= 15 is 0 Å². The number of benzene rings is 7. The van der Waals surface area contributed by atoms with Gasteiger partial charge in [-0.1, -0.05) is 91.0 Å². The molecule has 0 amide bonds. The van der Waals surface area contributed by atoms with Gasteiger partial charge >= 0.3 is 0 Å². The van der Waals surface area contributed by atoms with E-state index in [1.165, 1.54) is 22.9 Å². The fourth-order valence-corrected chi connectivity index (χ4v) is 7.45. The second-order valence-corrected chi connectivity index (χ2v) is 12.4. The zero-order valence-electron chi connectivity index (χ0n) is 26.3. The van der Waals surface area contributed by atoms with E-state index < -0.39 is 0 Å². The van der Waals surface area contributed by atoms with Crippen LogP contribution in [0.5, 0.6) is 0 Å². The van der Waals surface area contributed by atoms with Gasteiger partial charge in [-0.15, -0.1) is 0 Å². The largest absolute Gasteiger partial charge is 0.309 e. The van der Waals surface area contributed by atoms with Crippen LogP contribution in [0.2, 0.25) is 0 Å². The molecule has 3 heterocycles. The molecule has 0 unspecified atom stereocenters. The number of nitrogens with zero attached hydrogens (tertiary/aromatic N) is 4. The van der Waals surface area contributed by atoms with Crippen molar-refractivity contribution in [3.8, 4) is 34.0 Å². The molecule has 0 radical (unpaired) electrons. The molecule has 0 saturated heterocycles. The SMILES string of the molecule is Fc1ccc(-n2c3ccccc3c3cc(-c4nc(-c5ccccc5-n5c6ccccc6c6ccccc65)nc5ccccc45)ccc32)cc1. The third kappa shape index (κ3) is 4.22. The van der Waals surface area contributed by atoms with Gasteiger partial charge in [0.15, 0.2) is 5.82 Å². The molecule has 0 N–H and O–H groups in total. The van der Waals surface area contributed by atoms with Crippen LogP contribution in [0.1, 0.15) is 0 Å². The Morgan fingerprint density at radius 1 is 0.429 bits per heavy atom.